The topological polar surface area (TPSA) is 71.1 Å². The van der Waals surface area contributed by atoms with Gasteiger partial charge in [-0.2, -0.15) is 0 Å². The molecule has 0 fully saturated rings. The Bertz CT molecular complexity index is 518. The molecule has 6 heteroatoms. The molecule has 6 nitrogen and oxygen atoms in total. The van der Waals surface area contributed by atoms with Gasteiger partial charge in [0, 0.05) is 27.4 Å². The van der Waals surface area contributed by atoms with Crippen LogP contribution >= 0.6 is 0 Å². The van der Waals surface area contributed by atoms with E-state index in [0.717, 1.165) is 25.7 Å². The van der Waals surface area contributed by atoms with Crippen LogP contribution in [0.3, 0.4) is 0 Å². The minimum Gasteiger partial charge on any atom is -0.462 e. The Kier molecular flexibility index (Phi) is 12.2. The van der Waals surface area contributed by atoms with E-state index in [4.69, 9.17) is 18.9 Å². The molecule has 158 valence electrons. The average Bonchev–Trinajstić information content (AvgIpc) is 2.70. The highest BCUT2D eigenvalue weighted by Crippen LogP contribution is 2.12. The van der Waals surface area contributed by atoms with E-state index in [-0.39, 0.29) is 11.9 Å². The molecule has 2 atom stereocenters. The molecule has 2 unspecified atom stereocenters. The molecular formula is C22H34O6. The number of hydrogen-bond donors (Lipinski definition) is 0. The summed E-state index contributed by atoms with van der Waals surface area (Å²) in [5, 5.41) is 0. The van der Waals surface area contributed by atoms with Crippen LogP contribution in [0.1, 0.15) is 60.2 Å². The lowest BCUT2D eigenvalue weighted by Gasteiger charge is -2.12. The number of ether oxygens (including phenoxy) is 4. The van der Waals surface area contributed by atoms with E-state index in [0.29, 0.717) is 49.4 Å². The summed E-state index contributed by atoms with van der Waals surface area (Å²) in [5.74, 6) is 0.0980. The zero-order valence-electron chi connectivity index (χ0n) is 17.6. The van der Waals surface area contributed by atoms with Crippen molar-refractivity contribution >= 4 is 11.9 Å². The molecule has 0 bridgehead atoms. The second kappa shape index (κ2) is 14.1. The molecule has 0 radical (unpaired) electrons. The van der Waals surface area contributed by atoms with Gasteiger partial charge in [0.1, 0.15) is 0 Å². The van der Waals surface area contributed by atoms with Crippen molar-refractivity contribution in [2.45, 2.75) is 39.5 Å². The van der Waals surface area contributed by atoms with Crippen LogP contribution in [0.25, 0.3) is 0 Å². The van der Waals surface area contributed by atoms with Crippen molar-refractivity contribution in [1.29, 1.82) is 0 Å². The second-order valence-electron chi connectivity index (χ2n) is 7.20. The van der Waals surface area contributed by atoms with Gasteiger partial charge in [0.05, 0.1) is 24.3 Å². The van der Waals surface area contributed by atoms with Crippen LogP contribution in [0.5, 0.6) is 0 Å². The molecule has 0 aliphatic carbocycles. The van der Waals surface area contributed by atoms with E-state index in [1.54, 1.807) is 38.5 Å². The number of carbonyl (C=O) groups is 2. The quantitative estimate of drug-likeness (QED) is 0.442. The third-order valence-electron chi connectivity index (χ3n) is 4.67. The molecular weight excluding hydrogens is 360 g/mol. The Labute approximate surface area is 168 Å². The first-order valence-corrected chi connectivity index (χ1v) is 9.90. The van der Waals surface area contributed by atoms with E-state index in [1.807, 2.05) is 0 Å². The van der Waals surface area contributed by atoms with Crippen molar-refractivity contribution in [2.75, 3.05) is 40.6 Å². The third-order valence-corrected chi connectivity index (χ3v) is 4.67. The summed E-state index contributed by atoms with van der Waals surface area (Å²) in [5.41, 5.74) is 0.851. The fraction of sp³-hybridized carbons (Fsp3) is 0.636. The first kappa shape index (κ1) is 24.1. The Morgan fingerprint density at radius 2 is 1.00 bits per heavy atom. The molecule has 0 saturated heterocycles. The Hall–Kier alpha value is -1.92. The zero-order valence-corrected chi connectivity index (χ0v) is 17.6. The summed E-state index contributed by atoms with van der Waals surface area (Å²) in [4.78, 5) is 24.2. The van der Waals surface area contributed by atoms with E-state index < -0.39 is 0 Å². The first-order valence-electron chi connectivity index (χ1n) is 9.90. The van der Waals surface area contributed by atoms with Crippen molar-refractivity contribution in [1.82, 2.24) is 0 Å². The van der Waals surface area contributed by atoms with Crippen LogP contribution in [0.4, 0.5) is 0 Å². The van der Waals surface area contributed by atoms with E-state index >= 15 is 0 Å². The average molecular weight is 395 g/mol. The highest BCUT2D eigenvalue weighted by Gasteiger charge is 2.12. The maximum atomic E-state index is 12.1. The molecule has 0 spiro atoms. The number of methoxy groups -OCH3 is 2. The van der Waals surface area contributed by atoms with Gasteiger partial charge in [0.15, 0.2) is 0 Å². The molecule has 0 aliphatic heterocycles. The molecule has 1 aromatic carbocycles. The lowest BCUT2D eigenvalue weighted by Crippen LogP contribution is -2.12. The summed E-state index contributed by atoms with van der Waals surface area (Å²) < 4.78 is 20.7. The summed E-state index contributed by atoms with van der Waals surface area (Å²) in [6, 6.07) is 6.37. The SMILES string of the molecule is COCCC(C)CCOC(=O)c1ccc(C(=O)OCCC(C)CCOC)cc1. The maximum Gasteiger partial charge on any atom is 0.338 e. The van der Waals surface area contributed by atoms with Gasteiger partial charge in [-0.25, -0.2) is 9.59 Å². The zero-order chi connectivity index (χ0) is 20.8. The van der Waals surface area contributed by atoms with Crippen LogP contribution in [0.2, 0.25) is 0 Å². The van der Waals surface area contributed by atoms with Crippen molar-refractivity contribution in [3.05, 3.63) is 35.4 Å². The molecule has 0 aromatic heterocycles. The molecule has 1 rings (SSSR count). The number of rotatable bonds is 14. The highest BCUT2D eigenvalue weighted by atomic mass is 16.5. The van der Waals surface area contributed by atoms with Gasteiger partial charge >= 0.3 is 11.9 Å². The number of hydrogen-bond acceptors (Lipinski definition) is 6. The van der Waals surface area contributed by atoms with Crippen molar-refractivity contribution in [2.24, 2.45) is 11.8 Å². The summed E-state index contributed by atoms with van der Waals surface area (Å²) >= 11 is 0. The normalized spacial score (nSPS) is 13.0. The smallest absolute Gasteiger partial charge is 0.338 e. The standard InChI is InChI=1S/C22H34O6/c1-17(9-13-25-3)11-15-27-21(23)19-5-7-20(8-6-19)22(24)28-16-12-18(2)10-14-26-4/h5-8,17-18H,9-16H2,1-4H3. The number of carbonyl (C=O) groups excluding carboxylic acids is 2. The van der Waals surface area contributed by atoms with Crippen LogP contribution < -0.4 is 0 Å². The fourth-order valence-electron chi connectivity index (χ4n) is 2.54. The van der Waals surface area contributed by atoms with Crippen molar-refractivity contribution in [3.63, 3.8) is 0 Å². The van der Waals surface area contributed by atoms with Crippen LogP contribution in [0.15, 0.2) is 24.3 Å². The lowest BCUT2D eigenvalue weighted by molar-refractivity contribution is 0.0464. The summed E-state index contributed by atoms with van der Waals surface area (Å²) in [7, 11) is 3.35. The molecule has 0 N–H and O–H groups in total. The van der Waals surface area contributed by atoms with Gasteiger partial charge in [-0.3, -0.25) is 0 Å². The largest absolute Gasteiger partial charge is 0.462 e. The Balaban J connectivity index is 2.35. The summed E-state index contributed by atoms with van der Waals surface area (Å²) in [6.45, 7) is 6.36. The molecule has 0 aliphatic rings. The predicted octanol–water partition coefficient (Wildman–Crippen LogP) is 4.13. The lowest BCUT2D eigenvalue weighted by atomic mass is 10.1. The van der Waals surface area contributed by atoms with Crippen LogP contribution in [0, 0.1) is 11.8 Å². The van der Waals surface area contributed by atoms with Gasteiger partial charge in [-0.15, -0.1) is 0 Å². The van der Waals surface area contributed by atoms with Gasteiger partial charge in [0.25, 0.3) is 0 Å². The van der Waals surface area contributed by atoms with E-state index in [1.165, 1.54) is 0 Å². The number of esters is 2. The minimum absolute atomic E-state index is 0.370. The first-order chi connectivity index (χ1) is 13.5. The van der Waals surface area contributed by atoms with Crippen LogP contribution in [-0.4, -0.2) is 52.6 Å². The van der Waals surface area contributed by atoms with E-state index in [2.05, 4.69) is 13.8 Å². The monoisotopic (exact) mass is 394 g/mol. The predicted molar refractivity (Wildman–Crippen MR) is 108 cm³/mol. The van der Waals surface area contributed by atoms with Gasteiger partial charge in [-0.1, -0.05) is 13.8 Å². The van der Waals surface area contributed by atoms with Crippen LogP contribution in [-0.2, 0) is 18.9 Å². The van der Waals surface area contributed by atoms with E-state index in [9.17, 15) is 9.59 Å². The Morgan fingerprint density at radius 1 is 0.679 bits per heavy atom. The molecule has 1 aromatic rings. The fourth-order valence-corrected chi connectivity index (χ4v) is 2.54. The number of benzene rings is 1. The maximum absolute atomic E-state index is 12.1. The van der Waals surface area contributed by atoms with Gasteiger partial charge in [-0.05, 0) is 61.8 Å². The highest BCUT2D eigenvalue weighted by molar-refractivity contribution is 5.93. The summed E-state index contributed by atoms with van der Waals surface area (Å²) in [6.07, 6.45) is 3.47. The Morgan fingerprint density at radius 3 is 1.32 bits per heavy atom. The molecule has 28 heavy (non-hydrogen) atoms. The minimum atomic E-state index is -0.383. The van der Waals surface area contributed by atoms with Crippen molar-refractivity contribution < 1.29 is 28.5 Å². The van der Waals surface area contributed by atoms with Crippen molar-refractivity contribution in [3.8, 4) is 0 Å². The second-order valence-corrected chi connectivity index (χ2v) is 7.20. The third kappa shape index (κ3) is 9.85. The molecule has 0 heterocycles. The van der Waals surface area contributed by atoms with Gasteiger partial charge < -0.3 is 18.9 Å². The van der Waals surface area contributed by atoms with Gasteiger partial charge in [0.2, 0.25) is 0 Å². The molecule has 0 amide bonds. The molecule has 0 saturated carbocycles.